The third-order valence-corrected chi connectivity index (χ3v) is 2.79. The molecule has 4 heteroatoms. The molecular weight excluding hydrogens is 224 g/mol. The molecule has 0 bridgehead atoms. The van der Waals surface area contributed by atoms with E-state index in [-0.39, 0.29) is 24.6 Å². The monoisotopic (exact) mass is 242 g/mol. The van der Waals surface area contributed by atoms with Gasteiger partial charge >= 0.3 is 0 Å². The molecule has 0 unspecified atom stereocenters. The summed E-state index contributed by atoms with van der Waals surface area (Å²) >= 11 is 0. The van der Waals surface area contributed by atoms with E-state index in [1.807, 2.05) is 18.2 Å². The first kappa shape index (κ1) is 13.5. The van der Waals surface area contributed by atoms with Gasteiger partial charge in [0.25, 0.3) is 0 Å². The van der Waals surface area contributed by atoms with Gasteiger partial charge in [-0.15, -0.1) is 12.4 Å². The van der Waals surface area contributed by atoms with Crippen LogP contribution >= 0.6 is 12.4 Å². The van der Waals surface area contributed by atoms with Crippen molar-refractivity contribution in [1.29, 1.82) is 0 Å². The molecule has 1 fully saturated rings. The molecule has 3 nitrogen and oxygen atoms in total. The van der Waals surface area contributed by atoms with Crippen LogP contribution in [-0.4, -0.2) is 35.2 Å². The van der Waals surface area contributed by atoms with Gasteiger partial charge in [0.1, 0.15) is 0 Å². The molecule has 16 heavy (non-hydrogen) atoms. The maximum Gasteiger partial charge on any atom is 0.0682 e. The van der Waals surface area contributed by atoms with Crippen LogP contribution in [0.4, 0.5) is 0 Å². The van der Waals surface area contributed by atoms with E-state index < -0.39 is 0 Å². The number of aliphatic hydroxyl groups is 1. The summed E-state index contributed by atoms with van der Waals surface area (Å²) in [5, 5.41) is 9.61. The first-order valence-electron chi connectivity index (χ1n) is 5.44. The molecule has 3 N–H and O–H groups in total. The lowest BCUT2D eigenvalue weighted by Gasteiger charge is -2.33. The fourth-order valence-electron chi connectivity index (χ4n) is 2.17. The molecule has 0 amide bonds. The highest BCUT2D eigenvalue weighted by Gasteiger charge is 2.22. The van der Waals surface area contributed by atoms with Crippen molar-refractivity contribution in [3.63, 3.8) is 0 Å². The molecule has 1 aliphatic heterocycles. The van der Waals surface area contributed by atoms with E-state index in [2.05, 4.69) is 17.0 Å². The van der Waals surface area contributed by atoms with Gasteiger partial charge in [-0.1, -0.05) is 30.3 Å². The van der Waals surface area contributed by atoms with E-state index >= 15 is 0 Å². The van der Waals surface area contributed by atoms with Crippen molar-refractivity contribution in [2.45, 2.75) is 25.1 Å². The van der Waals surface area contributed by atoms with Crippen LogP contribution in [0.5, 0.6) is 0 Å². The molecule has 1 aromatic carbocycles. The van der Waals surface area contributed by atoms with Crippen molar-refractivity contribution in [2.75, 3.05) is 13.1 Å². The van der Waals surface area contributed by atoms with Gasteiger partial charge in [0, 0.05) is 25.7 Å². The van der Waals surface area contributed by atoms with Gasteiger partial charge in [0.15, 0.2) is 0 Å². The fourth-order valence-corrected chi connectivity index (χ4v) is 2.17. The number of hydrogen-bond acceptors (Lipinski definition) is 3. The van der Waals surface area contributed by atoms with Crippen LogP contribution in [0.15, 0.2) is 30.3 Å². The Balaban J connectivity index is 0.00000128. The maximum absolute atomic E-state index is 9.61. The van der Waals surface area contributed by atoms with Crippen LogP contribution in [-0.2, 0) is 6.54 Å². The standard InChI is InChI=1S/C12H18N2O.ClH/c13-11-6-12(15)9-14(8-11)7-10-4-2-1-3-5-10;/h1-5,11-12,15H,6-9,13H2;1H/t11-,12-;/m1./s1. The number of aliphatic hydroxyl groups excluding tert-OH is 1. The Morgan fingerprint density at radius 1 is 1.25 bits per heavy atom. The third-order valence-electron chi connectivity index (χ3n) is 2.79. The molecule has 0 aliphatic carbocycles. The van der Waals surface area contributed by atoms with E-state index in [1.54, 1.807) is 0 Å². The van der Waals surface area contributed by atoms with E-state index in [9.17, 15) is 5.11 Å². The van der Waals surface area contributed by atoms with Gasteiger partial charge in [-0.2, -0.15) is 0 Å². The number of hydrogen-bond donors (Lipinski definition) is 2. The van der Waals surface area contributed by atoms with E-state index in [0.29, 0.717) is 0 Å². The molecule has 1 aliphatic rings. The molecule has 0 radical (unpaired) electrons. The average Bonchev–Trinajstić information content (AvgIpc) is 2.17. The summed E-state index contributed by atoms with van der Waals surface area (Å²) in [6.45, 7) is 2.50. The molecule has 90 valence electrons. The second-order valence-corrected chi connectivity index (χ2v) is 4.33. The van der Waals surface area contributed by atoms with Crippen molar-refractivity contribution >= 4 is 12.4 Å². The molecule has 2 atom stereocenters. The predicted octanol–water partition coefficient (Wildman–Crippen LogP) is 1.00. The Hall–Kier alpha value is -0.610. The van der Waals surface area contributed by atoms with Crippen LogP contribution < -0.4 is 5.73 Å². The molecule has 0 spiro atoms. The summed E-state index contributed by atoms with van der Waals surface area (Å²) < 4.78 is 0. The number of β-amino-alcohol motifs (C(OH)–C–C–N with tert-alkyl or cyclic N) is 1. The number of rotatable bonds is 2. The fraction of sp³-hybridized carbons (Fsp3) is 0.500. The summed E-state index contributed by atoms with van der Waals surface area (Å²) in [7, 11) is 0. The first-order chi connectivity index (χ1) is 7.24. The molecule has 1 aromatic rings. The molecule has 0 aromatic heterocycles. The summed E-state index contributed by atoms with van der Waals surface area (Å²) in [6, 6.07) is 10.4. The normalized spacial score (nSPS) is 26.1. The average molecular weight is 243 g/mol. The van der Waals surface area contributed by atoms with Crippen molar-refractivity contribution in [1.82, 2.24) is 4.90 Å². The SMILES string of the molecule is Cl.N[C@@H]1C[C@@H](O)CN(Cc2ccccc2)C1. The van der Waals surface area contributed by atoms with Gasteiger partial charge in [-0.25, -0.2) is 0 Å². The lowest BCUT2D eigenvalue weighted by atomic mass is 10.0. The topological polar surface area (TPSA) is 49.5 Å². The van der Waals surface area contributed by atoms with Gasteiger partial charge in [0.2, 0.25) is 0 Å². The largest absolute Gasteiger partial charge is 0.392 e. The van der Waals surface area contributed by atoms with Gasteiger partial charge in [-0.05, 0) is 12.0 Å². The lowest BCUT2D eigenvalue weighted by molar-refractivity contribution is 0.0565. The van der Waals surface area contributed by atoms with E-state index in [4.69, 9.17) is 5.73 Å². The van der Waals surface area contributed by atoms with E-state index in [0.717, 1.165) is 26.1 Å². The van der Waals surface area contributed by atoms with Crippen LogP contribution in [0.2, 0.25) is 0 Å². The predicted molar refractivity (Wildman–Crippen MR) is 67.6 cm³/mol. The van der Waals surface area contributed by atoms with Crippen LogP contribution in [0, 0.1) is 0 Å². The number of halogens is 1. The van der Waals surface area contributed by atoms with Crippen molar-refractivity contribution < 1.29 is 5.11 Å². The number of nitrogens with zero attached hydrogens (tertiary/aromatic N) is 1. The third kappa shape index (κ3) is 3.76. The minimum atomic E-state index is -0.266. The second kappa shape index (κ2) is 6.21. The Kier molecular flexibility index (Phi) is 5.22. The number of likely N-dealkylation sites (tertiary alicyclic amines) is 1. The summed E-state index contributed by atoms with van der Waals surface area (Å²) in [5.74, 6) is 0. The van der Waals surface area contributed by atoms with Crippen molar-refractivity contribution in [2.24, 2.45) is 5.73 Å². The van der Waals surface area contributed by atoms with Crippen LogP contribution in [0.3, 0.4) is 0 Å². The zero-order chi connectivity index (χ0) is 10.7. The highest BCUT2D eigenvalue weighted by Crippen LogP contribution is 2.12. The van der Waals surface area contributed by atoms with Gasteiger partial charge in [0.05, 0.1) is 6.10 Å². The minimum absolute atomic E-state index is 0. The maximum atomic E-state index is 9.61. The molecule has 0 saturated carbocycles. The second-order valence-electron chi connectivity index (χ2n) is 4.33. The quantitative estimate of drug-likeness (QED) is 0.814. The van der Waals surface area contributed by atoms with Crippen molar-refractivity contribution in [3.8, 4) is 0 Å². The first-order valence-corrected chi connectivity index (χ1v) is 5.44. The molecule has 1 saturated heterocycles. The van der Waals surface area contributed by atoms with Gasteiger partial charge in [-0.3, -0.25) is 4.90 Å². The molecule has 2 rings (SSSR count). The number of nitrogens with two attached hydrogens (primary N) is 1. The highest BCUT2D eigenvalue weighted by atomic mass is 35.5. The highest BCUT2D eigenvalue weighted by molar-refractivity contribution is 5.85. The summed E-state index contributed by atoms with van der Waals surface area (Å²) in [4.78, 5) is 2.22. The zero-order valence-electron chi connectivity index (χ0n) is 9.25. The summed E-state index contributed by atoms with van der Waals surface area (Å²) in [5.41, 5.74) is 7.14. The van der Waals surface area contributed by atoms with Crippen molar-refractivity contribution in [3.05, 3.63) is 35.9 Å². The smallest absolute Gasteiger partial charge is 0.0682 e. The summed E-state index contributed by atoms with van der Waals surface area (Å²) in [6.07, 6.45) is 0.461. The van der Waals surface area contributed by atoms with Crippen LogP contribution in [0.1, 0.15) is 12.0 Å². The Bertz CT molecular complexity index is 297. The number of benzene rings is 1. The van der Waals surface area contributed by atoms with Gasteiger partial charge < -0.3 is 10.8 Å². The zero-order valence-corrected chi connectivity index (χ0v) is 10.1. The molecular formula is C12H19ClN2O. The number of piperidine rings is 1. The Morgan fingerprint density at radius 3 is 2.56 bits per heavy atom. The molecule has 1 heterocycles. The minimum Gasteiger partial charge on any atom is -0.392 e. The lowest BCUT2D eigenvalue weighted by Crippen LogP contribution is -2.48. The van der Waals surface area contributed by atoms with Crippen LogP contribution in [0.25, 0.3) is 0 Å². The Morgan fingerprint density at radius 2 is 1.94 bits per heavy atom. The van der Waals surface area contributed by atoms with E-state index in [1.165, 1.54) is 5.56 Å². The Labute approximate surface area is 103 Å².